The van der Waals surface area contributed by atoms with Crippen LogP contribution in [-0.4, -0.2) is 18.2 Å². The summed E-state index contributed by atoms with van der Waals surface area (Å²) in [5.74, 6) is 1.64. The molecule has 0 spiro atoms. The Morgan fingerprint density at radius 3 is 2.56 bits per heavy atom. The van der Waals surface area contributed by atoms with Gasteiger partial charge in [0.25, 0.3) is 0 Å². The molecule has 0 radical (unpaired) electrons. The molecule has 2 aromatic carbocycles. The monoisotopic (exact) mass is 429 g/mol. The fourth-order valence-corrected chi connectivity index (χ4v) is 3.30. The lowest BCUT2D eigenvalue weighted by Gasteiger charge is -2.14. The molecule has 1 aromatic heterocycles. The average molecular weight is 430 g/mol. The third-order valence-corrected chi connectivity index (χ3v) is 5.40. The first kappa shape index (κ1) is 19.5. The minimum absolute atomic E-state index is 0.0120. The SMILES string of the molecule is CCCCc1cc2c(=O)c(Br)c(C)[nH]c2cc1OCCOc1ccccc1. The van der Waals surface area contributed by atoms with Gasteiger partial charge >= 0.3 is 0 Å². The lowest BCUT2D eigenvalue weighted by atomic mass is 10.0. The van der Waals surface area contributed by atoms with Crippen LogP contribution in [0.25, 0.3) is 10.9 Å². The smallest absolute Gasteiger partial charge is 0.203 e. The van der Waals surface area contributed by atoms with Crippen molar-refractivity contribution >= 4 is 26.8 Å². The van der Waals surface area contributed by atoms with Crippen molar-refractivity contribution in [2.45, 2.75) is 33.1 Å². The van der Waals surface area contributed by atoms with Gasteiger partial charge in [0.15, 0.2) is 0 Å². The molecule has 0 aliphatic carbocycles. The lowest BCUT2D eigenvalue weighted by molar-refractivity contribution is 0.216. The molecule has 5 heteroatoms. The number of unbranched alkanes of at least 4 members (excludes halogenated alkanes) is 1. The Morgan fingerprint density at radius 2 is 1.81 bits per heavy atom. The minimum atomic E-state index is 0.0120. The zero-order valence-electron chi connectivity index (χ0n) is 15.7. The molecule has 0 atom stereocenters. The van der Waals surface area contributed by atoms with Crippen LogP contribution in [0.4, 0.5) is 0 Å². The molecule has 1 N–H and O–H groups in total. The van der Waals surface area contributed by atoms with Crippen LogP contribution in [-0.2, 0) is 6.42 Å². The molecule has 0 saturated heterocycles. The first-order valence-electron chi connectivity index (χ1n) is 9.25. The van der Waals surface area contributed by atoms with Gasteiger partial charge in [-0.05, 0) is 59.5 Å². The molecule has 0 fully saturated rings. The molecule has 0 aliphatic heterocycles. The molecule has 142 valence electrons. The third kappa shape index (κ3) is 4.72. The topological polar surface area (TPSA) is 51.3 Å². The number of nitrogens with one attached hydrogen (secondary N) is 1. The molecule has 27 heavy (non-hydrogen) atoms. The van der Waals surface area contributed by atoms with Gasteiger partial charge in [-0.1, -0.05) is 31.5 Å². The van der Waals surface area contributed by atoms with Crippen molar-refractivity contribution in [1.29, 1.82) is 0 Å². The van der Waals surface area contributed by atoms with Gasteiger partial charge in [0.2, 0.25) is 5.43 Å². The van der Waals surface area contributed by atoms with Crippen molar-refractivity contribution < 1.29 is 9.47 Å². The van der Waals surface area contributed by atoms with E-state index in [9.17, 15) is 4.79 Å². The highest BCUT2D eigenvalue weighted by atomic mass is 79.9. The number of halogens is 1. The number of H-pyrrole nitrogens is 1. The zero-order valence-corrected chi connectivity index (χ0v) is 17.3. The Kier molecular flexibility index (Phi) is 6.56. The molecule has 0 bridgehead atoms. The summed E-state index contributed by atoms with van der Waals surface area (Å²) in [6.45, 7) is 4.94. The van der Waals surface area contributed by atoms with Crippen LogP contribution in [0.3, 0.4) is 0 Å². The van der Waals surface area contributed by atoms with Crippen LogP contribution in [0, 0.1) is 6.92 Å². The largest absolute Gasteiger partial charge is 0.490 e. The van der Waals surface area contributed by atoms with Crippen LogP contribution >= 0.6 is 15.9 Å². The summed E-state index contributed by atoms with van der Waals surface area (Å²) in [5, 5.41) is 0.687. The number of para-hydroxylation sites is 1. The maximum atomic E-state index is 12.6. The summed E-state index contributed by atoms with van der Waals surface area (Å²) in [6, 6.07) is 13.6. The Morgan fingerprint density at radius 1 is 1.07 bits per heavy atom. The number of aromatic amines is 1. The third-order valence-electron chi connectivity index (χ3n) is 4.45. The van der Waals surface area contributed by atoms with E-state index in [1.54, 1.807) is 0 Å². The molecule has 0 aliphatic rings. The summed E-state index contributed by atoms with van der Waals surface area (Å²) in [5.41, 5.74) is 2.68. The average Bonchev–Trinajstić information content (AvgIpc) is 2.69. The number of rotatable bonds is 8. The molecule has 0 amide bonds. The second-order valence-electron chi connectivity index (χ2n) is 6.51. The van der Waals surface area contributed by atoms with E-state index in [-0.39, 0.29) is 5.43 Å². The van der Waals surface area contributed by atoms with Crippen LogP contribution in [0.1, 0.15) is 31.0 Å². The summed E-state index contributed by atoms with van der Waals surface area (Å²) in [6.07, 6.45) is 3.02. The second-order valence-corrected chi connectivity index (χ2v) is 7.31. The number of aryl methyl sites for hydroxylation is 2. The fourth-order valence-electron chi connectivity index (χ4n) is 2.99. The highest BCUT2D eigenvalue weighted by Crippen LogP contribution is 2.27. The molecule has 1 heterocycles. The van der Waals surface area contributed by atoms with Crippen molar-refractivity contribution in [3.05, 3.63) is 68.4 Å². The molecule has 0 saturated carbocycles. The highest BCUT2D eigenvalue weighted by molar-refractivity contribution is 9.10. The van der Waals surface area contributed by atoms with E-state index in [1.807, 2.05) is 49.4 Å². The predicted octanol–water partition coefficient (Wildman–Crippen LogP) is 5.40. The van der Waals surface area contributed by atoms with E-state index in [1.165, 1.54) is 0 Å². The van der Waals surface area contributed by atoms with Gasteiger partial charge in [-0.25, -0.2) is 0 Å². The van der Waals surface area contributed by atoms with Gasteiger partial charge in [0, 0.05) is 17.1 Å². The molecule has 3 aromatic rings. The maximum Gasteiger partial charge on any atom is 0.203 e. The predicted molar refractivity (Wildman–Crippen MR) is 113 cm³/mol. The van der Waals surface area contributed by atoms with E-state index in [2.05, 4.69) is 27.8 Å². The van der Waals surface area contributed by atoms with Gasteiger partial charge in [-0.3, -0.25) is 4.79 Å². The van der Waals surface area contributed by atoms with Gasteiger partial charge in [0.05, 0.1) is 9.99 Å². The number of ether oxygens (including phenoxy) is 2. The highest BCUT2D eigenvalue weighted by Gasteiger charge is 2.12. The number of hydrogen-bond donors (Lipinski definition) is 1. The standard InChI is InChI=1S/C22H24BrNO3/c1-3-4-8-16-13-18-19(24-15(2)21(23)22(18)25)14-20(16)27-12-11-26-17-9-6-5-7-10-17/h5-7,9-10,13-14H,3-4,8,11-12H2,1-2H3,(H,24,25). The molecule has 0 unspecified atom stereocenters. The van der Waals surface area contributed by atoms with Crippen molar-refractivity contribution in [2.75, 3.05) is 13.2 Å². The summed E-state index contributed by atoms with van der Waals surface area (Å²) < 4.78 is 12.3. The van der Waals surface area contributed by atoms with Gasteiger partial charge in [-0.2, -0.15) is 0 Å². The number of hydrogen-bond acceptors (Lipinski definition) is 3. The first-order valence-corrected chi connectivity index (χ1v) is 10.0. The summed E-state index contributed by atoms with van der Waals surface area (Å²) >= 11 is 3.38. The van der Waals surface area contributed by atoms with Crippen molar-refractivity contribution in [3.63, 3.8) is 0 Å². The van der Waals surface area contributed by atoms with Crippen molar-refractivity contribution in [2.24, 2.45) is 0 Å². The van der Waals surface area contributed by atoms with E-state index in [0.29, 0.717) is 23.1 Å². The quantitative estimate of drug-likeness (QED) is 0.487. The van der Waals surface area contributed by atoms with E-state index in [0.717, 1.165) is 47.5 Å². The Hall–Kier alpha value is -2.27. The molecule has 4 nitrogen and oxygen atoms in total. The Bertz CT molecular complexity index is 967. The van der Waals surface area contributed by atoms with Crippen LogP contribution in [0.5, 0.6) is 11.5 Å². The van der Waals surface area contributed by atoms with Crippen molar-refractivity contribution in [3.8, 4) is 11.5 Å². The van der Waals surface area contributed by atoms with Gasteiger partial charge in [0.1, 0.15) is 24.7 Å². The van der Waals surface area contributed by atoms with Crippen LogP contribution in [0.15, 0.2) is 51.7 Å². The van der Waals surface area contributed by atoms with Crippen LogP contribution in [0.2, 0.25) is 0 Å². The van der Waals surface area contributed by atoms with E-state index in [4.69, 9.17) is 9.47 Å². The Balaban J connectivity index is 1.81. The first-order chi connectivity index (χ1) is 13.1. The van der Waals surface area contributed by atoms with Crippen molar-refractivity contribution in [1.82, 2.24) is 4.98 Å². The van der Waals surface area contributed by atoms with Gasteiger partial charge in [-0.15, -0.1) is 0 Å². The number of benzene rings is 2. The maximum absolute atomic E-state index is 12.6. The number of fused-ring (bicyclic) bond motifs is 1. The second kappa shape index (κ2) is 9.09. The number of aromatic nitrogens is 1. The minimum Gasteiger partial charge on any atom is -0.490 e. The molecular weight excluding hydrogens is 406 g/mol. The molecule has 3 rings (SSSR count). The molecular formula is C22H24BrNO3. The fraction of sp³-hybridized carbons (Fsp3) is 0.318. The number of pyridine rings is 1. The van der Waals surface area contributed by atoms with Gasteiger partial charge < -0.3 is 14.5 Å². The lowest BCUT2D eigenvalue weighted by Crippen LogP contribution is -2.12. The van der Waals surface area contributed by atoms with Crippen LogP contribution < -0.4 is 14.9 Å². The summed E-state index contributed by atoms with van der Waals surface area (Å²) in [4.78, 5) is 15.9. The summed E-state index contributed by atoms with van der Waals surface area (Å²) in [7, 11) is 0. The Labute approximate surface area is 167 Å². The zero-order chi connectivity index (χ0) is 19.2. The van der Waals surface area contributed by atoms with E-state index >= 15 is 0 Å². The van der Waals surface area contributed by atoms with E-state index < -0.39 is 0 Å². The normalized spacial score (nSPS) is 10.9.